The van der Waals surface area contributed by atoms with Gasteiger partial charge in [0.1, 0.15) is 5.69 Å². The van der Waals surface area contributed by atoms with Gasteiger partial charge in [-0.05, 0) is 24.3 Å². The molecule has 0 fully saturated rings. The summed E-state index contributed by atoms with van der Waals surface area (Å²) in [6.45, 7) is 0. The van der Waals surface area contributed by atoms with Gasteiger partial charge in [-0.2, -0.15) is 15.5 Å². The summed E-state index contributed by atoms with van der Waals surface area (Å²) in [6, 6.07) is 29.3. The molecule has 1 N–H and O–H groups in total. The van der Waals surface area contributed by atoms with E-state index in [0.717, 1.165) is 33.2 Å². The predicted octanol–water partition coefficient (Wildman–Crippen LogP) is 4.92. The van der Waals surface area contributed by atoms with Crippen LogP contribution >= 0.6 is 11.3 Å². The van der Waals surface area contributed by atoms with Gasteiger partial charge in [0.2, 0.25) is 4.96 Å². The fourth-order valence-electron chi connectivity index (χ4n) is 3.12. The van der Waals surface area contributed by atoms with E-state index in [2.05, 4.69) is 16.6 Å². The van der Waals surface area contributed by atoms with E-state index in [0.29, 0.717) is 10.2 Å². The Morgan fingerprint density at radius 3 is 2.23 bits per heavy atom. The van der Waals surface area contributed by atoms with Gasteiger partial charge in [-0.25, -0.2) is 9.50 Å². The van der Waals surface area contributed by atoms with E-state index in [1.807, 2.05) is 79.0 Å². The molecule has 2 aromatic heterocycles. The summed E-state index contributed by atoms with van der Waals surface area (Å²) in [5.41, 5.74) is 8.10. The summed E-state index contributed by atoms with van der Waals surface area (Å²) in [4.78, 5) is 5.50. The Bertz CT molecular complexity index is 1450. The molecule has 148 valence electrons. The Balaban J connectivity index is 1.62. The number of nitrogens with zero attached hydrogens (tertiary/aromatic N) is 5. The lowest BCUT2D eigenvalue weighted by Crippen LogP contribution is -2.11. The van der Waals surface area contributed by atoms with Crippen molar-refractivity contribution in [2.24, 2.45) is 5.10 Å². The quantitative estimate of drug-likeness (QED) is 0.419. The van der Waals surface area contributed by atoms with E-state index in [4.69, 9.17) is 15.3 Å². The molecule has 0 aliphatic carbocycles. The van der Waals surface area contributed by atoms with Gasteiger partial charge < -0.3 is 0 Å². The van der Waals surface area contributed by atoms with Crippen LogP contribution in [0.4, 0.5) is 5.69 Å². The molecule has 5 rings (SSSR count). The van der Waals surface area contributed by atoms with Crippen LogP contribution in [-0.4, -0.2) is 14.6 Å². The minimum atomic E-state index is 0.604. The van der Waals surface area contributed by atoms with Crippen molar-refractivity contribution in [3.8, 4) is 28.6 Å². The van der Waals surface area contributed by atoms with Gasteiger partial charge in [0.05, 0.1) is 29.2 Å². The number of imidazole rings is 1. The molecule has 31 heavy (non-hydrogen) atoms. The van der Waals surface area contributed by atoms with Crippen LogP contribution in [-0.2, 0) is 0 Å². The first-order valence-corrected chi connectivity index (χ1v) is 10.4. The third-order valence-corrected chi connectivity index (χ3v) is 5.61. The van der Waals surface area contributed by atoms with Gasteiger partial charge >= 0.3 is 0 Å². The van der Waals surface area contributed by atoms with Crippen LogP contribution in [0, 0.1) is 11.3 Å². The molecule has 0 saturated carbocycles. The number of benzene rings is 3. The second-order valence-electron chi connectivity index (χ2n) is 6.75. The Morgan fingerprint density at radius 2 is 1.55 bits per heavy atom. The fraction of sp³-hybridized carbons (Fsp3) is 0. The molecule has 0 radical (unpaired) electrons. The topological polar surface area (TPSA) is 78.4 Å². The first-order valence-electron chi connectivity index (χ1n) is 9.61. The van der Waals surface area contributed by atoms with E-state index in [1.54, 1.807) is 16.6 Å². The maximum atomic E-state index is 8.97. The van der Waals surface area contributed by atoms with E-state index < -0.39 is 0 Å². The van der Waals surface area contributed by atoms with Crippen LogP contribution in [0.25, 0.3) is 27.5 Å². The minimum Gasteiger partial charge on any atom is -0.277 e. The third kappa shape index (κ3) is 3.92. The van der Waals surface area contributed by atoms with Crippen LogP contribution in [0.5, 0.6) is 0 Å². The molecule has 0 bridgehead atoms. The molecule has 0 spiro atoms. The molecule has 5 aromatic rings. The predicted molar refractivity (Wildman–Crippen MR) is 122 cm³/mol. The number of rotatable bonds is 4. The summed E-state index contributed by atoms with van der Waals surface area (Å²) in [5.74, 6) is 0. The zero-order valence-electron chi connectivity index (χ0n) is 16.3. The summed E-state index contributed by atoms with van der Waals surface area (Å²) in [5, 5.41) is 18.4. The Morgan fingerprint density at radius 1 is 0.871 bits per heavy atom. The molecule has 0 aliphatic heterocycles. The molecule has 0 saturated heterocycles. The normalized spacial score (nSPS) is 11.4. The van der Waals surface area contributed by atoms with E-state index >= 15 is 0 Å². The van der Waals surface area contributed by atoms with E-state index in [1.165, 1.54) is 11.3 Å². The van der Waals surface area contributed by atoms with Crippen molar-refractivity contribution >= 4 is 22.0 Å². The number of aromatic nitrogens is 3. The molecule has 0 amide bonds. The van der Waals surface area contributed by atoms with Crippen LogP contribution in [0.1, 0.15) is 5.56 Å². The molecular weight excluding hydrogens is 404 g/mol. The number of nitrogens with one attached hydrogen (secondary N) is 1. The summed E-state index contributed by atoms with van der Waals surface area (Å²) >= 11 is 1.46. The van der Waals surface area contributed by atoms with Crippen molar-refractivity contribution in [1.82, 2.24) is 14.6 Å². The fourth-order valence-corrected chi connectivity index (χ4v) is 3.97. The van der Waals surface area contributed by atoms with Crippen molar-refractivity contribution in [3.05, 3.63) is 101 Å². The smallest absolute Gasteiger partial charge is 0.213 e. The number of anilines is 1. The maximum Gasteiger partial charge on any atom is 0.213 e. The Kier molecular flexibility index (Phi) is 4.97. The highest BCUT2D eigenvalue weighted by molar-refractivity contribution is 7.14. The molecule has 3 aromatic carbocycles. The van der Waals surface area contributed by atoms with E-state index in [9.17, 15) is 0 Å². The second-order valence-corrected chi connectivity index (χ2v) is 7.71. The minimum absolute atomic E-state index is 0.604. The maximum absolute atomic E-state index is 8.97. The SMILES string of the molecule is N#Cc1ccc(N/N=c2/sc3nc(-c4ccccc4)cn3nc2-c2ccccc2)cc1. The zero-order chi connectivity index (χ0) is 21.0. The van der Waals surface area contributed by atoms with Crippen molar-refractivity contribution in [1.29, 1.82) is 5.26 Å². The molecule has 0 atom stereocenters. The van der Waals surface area contributed by atoms with Gasteiger partial charge in [0.15, 0.2) is 4.67 Å². The number of hydrogen-bond donors (Lipinski definition) is 1. The lowest BCUT2D eigenvalue weighted by Gasteiger charge is -2.04. The van der Waals surface area contributed by atoms with Crippen LogP contribution < -0.4 is 10.1 Å². The standard InChI is InChI=1S/C24H16N6S/c25-15-17-11-13-20(14-12-17)27-28-23-22(19-9-5-2-6-10-19)29-30-16-21(26-24(30)31-23)18-7-3-1-4-8-18/h1-14,16,27H/b28-23+. The lowest BCUT2D eigenvalue weighted by atomic mass is 10.2. The van der Waals surface area contributed by atoms with Gasteiger partial charge in [0.25, 0.3) is 0 Å². The molecule has 0 aliphatic rings. The molecule has 6 nitrogen and oxygen atoms in total. The van der Waals surface area contributed by atoms with E-state index in [-0.39, 0.29) is 0 Å². The lowest BCUT2D eigenvalue weighted by molar-refractivity contribution is 0.948. The number of nitriles is 1. The first kappa shape index (κ1) is 18.7. The van der Waals surface area contributed by atoms with Crippen molar-refractivity contribution < 1.29 is 0 Å². The Hall–Kier alpha value is -4.28. The molecule has 2 heterocycles. The monoisotopic (exact) mass is 420 g/mol. The Labute approximate surface area is 182 Å². The number of hydrogen-bond acceptors (Lipinski definition) is 6. The van der Waals surface area contributed by atoms with Gasteiger partial charge in [-0.15, -0.1) is 0 Å². The van der Waals surface area contributed by atoms with Crippen molar-refractivity contribution in [3.63, 3.8) is 0 Å². The average molecular weight is 421 g/mol. The van der Waals surface area contributed by atoms with Crippen LogP contribution in [0.3, 0.4) is 0 Å². The zero-order valence-corrected chi connectivity index (χ0v) is 17.1. The van der Waals surface area contributed by atoms with Gasteiger partial charge in [-0.3, -0.25) is 5.43 Å². The number of fused-ring (bicyclic) bond motifs is 1. The average Bonchev–Trinajstić information content (AvgIpc) is 3.26. The van der Waals surface area contributed by atoms with Crippen molar-refractivity contribution in [2.75, 3.05) is 5.43 Å². The summed E-state index contributed by atoms with van der Waals surface area (Å²) in [7, 11) is 0. The van der Waals surface area contributed by atoms with Crippen molar-refractivity contribution in [2.45, 2.75) is 0 Å². The highest BCUT2D eigenvalue weighted by Crippen LogP contribution is 2.21. The highest BCUT2D eigenvalue weighted by Gasteiger charge is 2.11. The summed E-state index contributed by atoms with van der Waals surface area (Å²) in [6.07, 6.45) is 1.94. The highest BCUT2D eigenvalue weighted by atomic mass is 32.1. The summed E-state index contributed by atoms with van der Waals surface area (Å²) < 4.78 is 2.52. The largest absolute Gasteiger partial charge is 0.277 e. The third-order valence-electron chi connectivity index (χ3n) is 4.67. The second kappa shape index (κ2) is 8.22. The molecule has 7 heteroatoms. The van der Waals surface area contributed by atoms with Crippen LogP contribution in [0.15, 0.2) is 96.2 Å². The van der Waals surface area contributed by atoms with Gasteiger partial charge in [-0.1, -0.05) is 72.0 Å². The molecule has 0 unspecified atom stereocenters. The molecular formula is C24H16N6S. The first-order chi connectivity index (χ1) is 15.3. The van der Waals surface area contributed by atoms with Gasteiger partial charge in [0, 0.05) is 11.1 Å². The van der Waals surface area contributed by atoms with Crippen LogP contribution in [0.2, 0.25) is 0 Å².